The molecule has 31 heavy (non-hydrogen) atoms. The van der Waals surface area contributed by atoms with Gasteiger partial charge in [0.05, 0.1) is 23.0 Å². The third kappa shape index (κ3) is 4.62. The van der Waals surface area contributed by atoms with Crippen molar-refractivity contribution in [3.05, 3.63) is 27.7 Å². The van der Waals surface area contributed by atoms with Gasteiger partial charge in [0.15, 0.2) is 5.96 Å². The molecule has 2 aliphatic heterocycles. The number of carbonyl (C=O) groups excluding carboxylic acids is 2. The maximum absolute atomic E-state index is 13.0. The van der Waals surface area contributed by atoms with Crippen LogP contribution in [0, 0.1) is 11.8 Å². The number of nitrogens with two attached hydrogens (primary N) is 1. The number of nitrogens with zero attached hydrogens (tertiary/aromatic N) is 2. The number of halogens is 2. The van der Waals surface area contributed by atoms with Crippen molar-refractivity contribution >= 4 is 41.0 Å². The molecule has 3 N–H and O–H groups in total. The molecule has 0 spiro atoms. The van der Waals surface area contributed by atoms with Crippen LogP contribution in [0.2, 0.25) is 10.0 Å². The van der Waals surface area contributed by atoms with E-state index in [2.05, 4.69) is 10.3 Å². The molecule has 0 bridgehead atoms. The largest absolute Gasteiger partial charge is 0.486 e. The SMILES string of the molecule is CC1(C)CC(=O)N(C[C@H]2CC2C(=O)NC2CC(C)(C)Oc3c(Cl)cc(Cl)cc32)C(N)=N1. The summed E-state index contributed by atoms with van der Waals surface area (Å²) in [6.45, 7) is 8.11. The summed E-state index contributed by atoms with van der Waals surface area (Å²) in [5.74, 6) is 0.596. The Kier molecular flexibility index (Phi) is 5.41. The molecule has 7 nitrogen and oxygen atoms in total. The van der Waals surface area contributed by atoms with Crippen LogP contribution in [0.3, 0.4) is 0 Å². The van der Waals surface area contributed by atoms with Crippen LogP contribution in [0.4, 0.5) is 0 Å². The lowest BCUT2D eigenvalue weighted by atomic mass is 9.89. The number of benzene rings is 1. The van der Waals surface area contributed by atoms with Gasteiger partial charge in [0.2, 0.25) is 11.8 Å². The number of carbonyl (C=O) groups is 2. The molecule has 9 heteroatoms. The maximum Gasteiger partial charge on any atom is 0.231 e. The molecular weight excluding hydrogens is 439 g/mol. The van der Waals surface area contributed by atoms with E-state index < -0.39 is 11.1 Å². The summed E-state index contributed by atoms with van der Waals surface area (Å²) in [7, 11) is 0. The molecule has 0 aromatic heterocycles. The lowest BCUT2D eigenvalue weighted by molar-refractivity contribution is -0.130. The Morgan fingerprint density at radius 3 is 2.71 bits per heavy atom. The summed E-state index contributed by atoms with van der Waals surface area (Å²) in [5.41, 5.74) is 5.84. The summed E-state index contributed by atoms with van der Waals surface area (Å²) in [5, 5.41) is 4.08. The number of amides is 2. The van der Waals surface area contributed by atoms with E-state index in [0.717, 1.165) is 5.56 Å². The number of ether oxygens (including phenoxy) is 1. The molecule has 1 aromatic rings. The van der Waals surface area contributed by atoms with Gasteiger partial charge in [0.1, 0.15) is 11.4 Å². The standard InChI is InChI=1S/C22H28Cl2N4O3/c1-21(2)9-17(29)28(20(25)27-21)10-11-5-13(11)19(30)26-16-8-22(3,4)31-18-14(16)6-12(23)7-15(18)24/h6-7,11,13,16H,5,8-10H2,1-4H3,(H2,25,27)(H,26,30)/t11-,13?,16?/m1/s1. The number of hydrogen-bond acceptors (Lipinski definition) is 5. The number of guanidine groups is 1. The molecule has 168 valence electrons. The van der Waals surface area contributed by atoms with Crippen molar-refractivity contribution in [3.8, 4) is 5.75 Å². The van der Waals surface area contributed by atoms with Crippen LogP contribution in [-0.4, -0.2) is 40.4 Å². The average Bonchev–Trinajstić information content (AvgIpc) is 3.37. The second kappa shape index (κ2) is 7.55. The fourth-order valence-corrected chi connectivity index (χ4v) is 5.03. The highest BCUT2D eigenvalue weighted by Crippen LogP contribution is 2.46. The molecule has 3 atom stereocenters. The van der Waals surface area contributed by atoms with Crippen LogP contribution in [0.1, 0.15) is 58.6 Å². The first kappa shape index (κ1) is 22.2. The number of aliphatic imine (C=N–C) groups is 1. The molecule has 1 aliphatic carbocycles. The van der Waals surface area contributed by atoms with Crippen molar-refractivity contribution in [3.63, 3.8) is 0 Å². The van der Waals surface area contributed by atoms with Crippen molar-refractivity contribution in [2.24, 2.45) is 22.6 Å². The number of fused-ring (bicyclic) bond motifs is 1. The van der Waals surface area contributed by atoms with Gasteiger partial charge < -0.3 is 15.8 Å². The molecule has 3 aliphatic rings. The Balaban J connectivity index is 1.44. The lowest BCUT2D eigenvalue weighted by Gasteiger charge is -2.38. The van der Waals surface area contributed by atoms with Gasteiger partial charge in [0.25, 0.3) is 0 Å². The van der Waals surface area contributed by atoms with E-state index in [1.807, 2.05) is 27.7 Å². The molecule has 0 saturated heterocycles. The summed E-state index contributed by atoms with van der Waals surface area (Å²) in [6, 6.07) is 3.17. The van der Waals surface area contributed by atoms with Crippen molar-refractivity contribution < 1.29 is 14.3 Å². The highest BCUT2D eigenvalue weighted by Gasteiger charge is 2.47. The van der Waals surface area contributed by atoms with Gasteiger partial charge in [0, 0.05) is 29.5 Å². The Labute approximate surface area is 192 Å². The first-order valence-corrected chi connectivity index (χ1v) is 11.2. The van der Waals surface area contributed by atoms with Gasteiger partial charge in [-0.15, -0.1) is 0 Å². The van der Waals surface area contributed by atoms with E-state index >= 15 is 0 Å². The van der Waals surface area contributed by atoms with Gasteiger partial charge in [-0.1, -0.05) is 23.2 Å². The Morgan fingerprint density at radius 2 is 2.03 bits per heavy atom. The van der Waals surface area contributed by atoms with Gasteiger partial charge in [-0.2, -0.15) is 0 Å². The maximum atomic E-state index is 13.0. The zero-order valence-electron chi connectivity index (χ0n) is 18.2. The molecule has 2 amide bonds. The minimum Gasteiger partial charge on any atom is -0.486 e. The molecule has 4 rings (SSSR count). The van der Waals surface area contributed by atoms with Crippen LogP contribution < -0.4 is 15.8 Å². The van der Waals surface area contributed by atoms with Gasteiger partial charge in [-0.3, -0.25) is 14.5 Å². The zero-order chi connectivity index (χ0) is 22.7. The predicted molar refractivity (Wildman–Crippen MR) is 120 cm³/mol. The van der Waals surface area contributed by atoms with Crippen LogP contribution in [0.25, 0.3) is 0 Å². The van der Waals surface area contributed by atoms with E-state index in [4.69, 9.17) is 33.7 Å². The van der Waals surface area contributed by atoms with Crippen LogP contribution >= 0.6 is 23.2 Å². The summed E-state index contributed by atoms with van der Waals surface area (Å²) in [4.78, 5) is 31.4. The van der Waals surface area contributed by atoms with Gasteiger partial charge >= 0.3 is 0 Å². The summed E-state index contributed by atoms with van der Waals surface area (Å²) < 4.78 is 6.04. The molecule has 2 unspecified atom stereocenters. The quantitative estimate of drug-likeness (QED) is 0.706. The van der Waals surface area contributed by atoms with E-state index in [1.54, 1.807) is 12.1 Å². The molecule has 2 heterocycles. The van der Waals surface area contributed by atoms with E-state index in [9.17, 15) is 9.59 Å². The second-order valence-electron chi connectivity index (χ2n) is 10.00. The van der Waals surface area contributed by atoms with E-state index in [-0.39, 0.29) is 35.7 Å². The Morgan fingerprint density at radius 1 is 1.32 bits per heavy atom. The molecular formula is C22H28Cl2N4O3. The molecule has 1 fully saturated rings. The summed E-state index contributed by atoms with van der Waals surface area (Å²) >= 11 is 12.5. The van der Waals surface area contributed by atoms with E-state index in [1.165, 1.54) is 4.90 Å². The fraction of sp³-hybridized carbons (Fsp3) is 0.591. The van der Waals surface area contributed by atoms with Gasteiger partial charge in [-0.25, -0.2) is 4.99 Å². The normalized spacial score (nSPS) is 28.3. The zero-order valence-corrected chi connectivity index (χ0v) is 19.7. The first-order valence-electron chi connectivity index (χ1n) is 10.5. The van der Waals surface area contributed by atoms with Crippen LogP contribution in [0.15, 0.2) is 17.1 Å². The van der Waals surface area contributed by atoms with Crippen molar-refractivity contribution in [2.45, 2.75) is 64.1 Å². The van der Waals surface area contributed by atoms with Crippen LogP contribution in [0.5, 0.6) is 5.75 Å². The number of hydrogen-bond donors (Lipinski definition) is 2. The summed E-state index contributed by atoms with van der Waals surface area (Å²) in [6.07, 6.45) is 1.62. The number of rotatable bonds is 4. The first-order chi connectivity index (χ1) is 14.3. The van der Waals surface area contributed by atoms with Crippen molar-refractivity contribution in [2.75, 3.05) is 6.54 Å². The van der Waals surface area contributed by atoms with Crippen molar-refractivity contribution in [1.29, 1.82) is 0 Å². The van der Waals surface area contributed by atoms with Crippen LogP contribution in [-0.2, 0) is 9.59 Å². The van der Waals surface area contributed by atoms with Crippen molar-refractivity contribution in [1.82, 2.24) is 10.2 Å². The topological polar surface area (TPSA) is 97.0 Å². The smallest absolute Gasteiger partial charge is 0.231 e. The fourth-order valence-electron chi connectivity index (χ4n) is 4.48. The minimum atomic E-state index is -0.483. The monoisotopic (exact) mass is 466 g/mol. The third-order valence-electron chi connectivity index (χ3n) is 6.06. The Hall–Kier alpha value is -1.99. The third-order valence-corrected chi connectivity index (χ3v) is 6.56. The lowest BCUT2D eigenvalue weighted by Crippen LogP contribution is -2.50. The highest BCUT2D eigenvalue weighted by molar-refractivity contribution is 6.35. The average molecular weight is 467 g/mol. The van der Waals surface area contributed by atoms with E-state index in [0.29, 0.717) is 41.6 Å². The second-order valence-corrected chi connectivity index (χ2v) is 10.8. The Bertz CT molecular complexity index is 976. The predicted octanol–water partition coefficient (Wildman–Crippen LogP) is 3.67. The highest BCUT2D eigenvalue weighted by atomic mass is 35.5. The molecule has 1 aromatic carbocycles. The molecule has 1 saturated carbocycles. The number of nitrogens with one attached hydrogen (secondary N) is 1. The minimum absolute atomic E-state index is 0.0463. The molecule has 0 radical (unpaired) electrons. The van der Waals surface area contributed by atoms with Gasteiger partial charge in [-0.05, 0) is 52.2 Å².